The van der Waals surface area contributed by atoms with Crippen LogP contribution in [0.2, 0.25) is 0 Å². The number of nitrogens with one attached hydrogen (secondary N) is 1. The summed E-state index contributed by atoms with van der Waals surface area (Å²) in [7, 11) is 0. The van der Waals surface area contributed by atoms with Gasteiger partial charge in [0.25, 0.3) is 0 Å². The van der Waals surface area contributed by atoms with Gasteiger partial charge in [0.15, 0.2) is 0 Å². The molecule has 0 saturated carbocycles. The predicted octanol–water partition coefficient (Wildman–Crippen LogP) is 2.85. The van der Waals surface area contributed by atoms with Crippen LogP contribution in [-0.4, -0.2) is 28.9 Å². The zero-order valence-corrected chi connectivity index (χ0v) is 16.1. The van der Waals surface area contributed by atoms with Crippen LogP contribution in [0.4, 0.5) is 4.39 Å². The minimum Gasteiger partial charge on any atom is -0.387 e. The molecule has 0 spiro atoms. The van der Waals surface area contributed by atoms with Gasteiger partial charge in [0.2, 0.25) is 0 Å². The highest BCUT2D eigenvalue weighted by Crippen LogP contribution is 2.11. The fourth-order valence-corrected chi connectivity index (χ4v) is 3.55. The summed E-state index contributed by atoms with van der Waals surface area (Å²) < 4.78 is 16.1. The van der Waals surface area contributed by atoms with E-state index >= 15 is 0 Å². The largest absolute Gasteiger partial charge is 0.387 e. The van der Waals surface area contributed by atoms with Crippen molar-refractivity contribution in [1.82, 2.24) is 4.57 Å². The topological polar surface area (TPSA) is 29.6 Å². The Labute approximate surface area is 166 Å². The zero-order valence-electron chi connectivity index (χ0n) is 16.1. The van der Waals surface area contributed by atoms with Crippen LogP contribution in [0.3, 0.4) is 0 Å². The van der Waals surface area contributed by atoms with Crippen molar-refractivity contribution in [2.24, 2.45) is 0 Å². The highest BCUT2D eigenvalue weighted by molar-refractivity contribution is 5.19. The molecule has 0 saturated heterocycles. The summed E-state index contributed by atoms with van der Waals surface area (Å²) in [5, 5.41) is 10.6. The summed E-state index contributed by atoms with van der Waals surface area (Å²) in [6.45, 7) is 6.51. The monoisotopic (exact) mass is 379 g/mol. The van der Waals surface area contributed by atoms with Crippen molar-refractivity contribution in [2.45, 2.75) is 25.6 Å². The Morgan fingerprint density at radius 1 is 1.04 bits per heavy atom. The summed E-state index contributed by atoms with van der Waals surface area (Å²) in [5.74, 6) is -0.185. The Kier molecular flexibility index (Phi) is 7.18. The van der Waals surface area contributed by atoms with Crippen LogP contribution in [0, 0.1) is 5.82 Å². The standard InChI is InChI=1S/C24H27FN2O/c1-2-14-26(19-23(28)16-20-9-4-3-5-10-20)18-22-12-8-15-27(22)17-21-11-6-7-13-24(21)25/h2-13,15,23,28H,1,14,16-19H2/p+1/t23-/m0/s1. The lowest BCUT2D eigenvalue weighted by molar-refractivity contribution is -0.911. The lowest BCUT2D eigenvalue weighted by Gasteiger charge is -2.22. The Morgan fingerprint density at radius 2 is 1.79 bits per heavy atom. The fourth-order valence-electron chi connectivity index (χ4n) is 3.55. The average Bonchev–Trinajstić information content (AvgIpc) is 3.11. The number of benzene rings is 2. The first-order chi connectivity index (χ1) is 13.7. The second-order valence-electron chi connectivity index (χ2n) is 7.19. The number of nitrogens with zero attached hydrogens (tertiary/aromatic N) is 1. The summed E-state index contributed by atoms with van der Waals surface area (Å²) in [4.78, 5) is 1.23. The number of hydrogen-bond acceptors (Lipinski definition) is 1. The van der Waals surface area contributed by atoms with E-state index in [1.54, 1.807) is 6.07 Å². The minimum atomic E-state index is -0.424. The van der Waals surface area contributed by atoms with E-state index in [4.69, 9.17) is 0 Å². The van der Waals surface area contributed by atoms with Crippen LogP contribution in [0.5, 0.6) is 0 Å². The van der Waals surface area contributed by atoms with Crippen LogP contribution in [0.15, 0.2) is 85.6 Å². The van der Waals surface area contributed by atoms with Crippen molar-refractivity contribution in [1.29, 1.82) is 0 Å². The van der Waals surface area contributed by atoms with Crippen molar-refractivity contribution >= 4 is 0 Å². The molecule has 2 aromatic carbocycles. The first-order valence-electron chi connectivity index (χ1n) is 9.69. The van der Waals surface area contributed by atoms with E-state index in [-0.39, 0.29) is 5.82 Å². The van der Waals surface area contributed by atoms with Gasteiger partial charge in [-0.1, -0.05) is 55.1 Å². The number of aliphatic hydroxyl groups is 1. The smallest absolute Gasteiger partial charge is 0.128 e. The lowest BCUT2D eigenvalue weighted by Crippen LogP contribution is -3.11. The molecule has 3 rings (SSSR count). The Hall–Kier alpha value is -2.69. The molecule has 146 valence electrons. The molecule has 0 radical (unpaired) electrons. The van der Waals surface area contributed by atoms with Gasteiger partial charge >= 0.3 is 0 Å². The van der Waals surface area contributed by atoms with Crippen LogP contribution in [0.1, 0.15) is 16.8 Å². The van der Waals surface area contributed by atoms with E-state index in [9.17, 15) is 9.50 Å². The Balaban J connectivity index is 1.65. The van der Waals surface area contributed by atoms with Gasteiger partial charge in [0.05, 0.1) is 18.8 Å². The number of quaternary nitrogens is 1. The predicted molar refractivity (Wildman–Crippen MR) is 111 cm³/mol. The Bertz CT molecular complexity index is 875. The third-order valence-corrected chi connectivity index (χ3v) is 4.92. The molecule has 3 aromatic rings. The number of aromatic nitrogens is 1. The fraction of sp³-hybridized carbons (Fsp3) is 0.250. The molecular weight excluding hydrogens is 351 g/mol. The van der Waals surface area contributed by atoms with Crippen LogP contribution < -0.4 is 4.90 Å². The summed E-state index contributed by atoms with van der Waals surface area (Å²) in [5.41, 5.74) is 2.93. The van der Waals surface area contributed by atoms with E-state index in [0.29, 0.717) is 25.1 Å². The van der Waals surface area contributed by atoms with E-state index in [0.717, 1.165) is 24.3 Å². The normalized spacial score (nSPS) is 13.2. The molecule has 0 aliphatic carbocycles. The molecule has 0 amide bonds. The summed E-state index contributed by atoms with van der Waals surface area (Å²) in [6.07, 6.45) is 4.08. The highest BCUT2D eigenvalue weighted by Gasteiger charge is 2.17. The van der Waals surface area contributed by atoms with Crippen molar-refractivity contribution in [3.05, 3.63) is 108 Å². The molecule has 0 aliphatic rings. The minimum absolute atomic E-state index is 0.185. The van der Waals surface area contributed by atoms with Gasteiger partial charge in [-0.05, 0) is 29.8 Å². The second kappa shape index (κ2) is 10.0. The van der Waals surface area contributed by atoms with Gasteiger partial charge in [0, 0.05) is 18.2 Å². The highest BCUT2D eigenvalue weighted by atomic mass is 19.1. The molecule has 0 aliphatic heterocycles. The molecule has 3 nitrogen and oxygen atoms in total. The van der Waals surface area contributed by atoms with E-state index in [1.807, 2.05) is 60.8 Å². The molecule has 0 bridgehead atoms. The third-order valence-electron chi connectivity index (χ3n) is 4.92. The first kappa shape index (κ1) is 20.1. The van der Waals surface area contributed by atoms with Gasteiger partial charge in [0.1, 0.15) is 25.0 Å². The molecule has 1 unspecified atom stereocenters. The summed E-state index contributed by atoms with van der Waals surface area (Å²) >= 11 is 0. The van der Waals surface area contributed by atoms with Crippen LogP contribution in [-0.2, 0) is 19.5 Å². The van der Waals surface area contributed by atoms with Crippen LogP contribution >= 0.6 is 0 Å². The summed E-state index contributed by atoms with van der Waals surface area (Å²) in [6, 6.07) is 21.0. The zero-order chi connectivity index (χ0) is 19.8. The quantitative estimate of drug-likeness (QED) is 0.521. The van der Waals surface area contributed by atoms with Crippen molar-refractivity contribution in [2.75, 3.05) is 13.1 Å². The molecular formula is C24H28FN2O+. The number of rotatable bonds is 10. The molecule has 2 atom stereocenters. The maximum absolute atomic E-state index is 14.0. The second-order valence-corrected chi connectivity index (χ2v) is 7.19. The Morgan fingerprint density at radius 3 is 2.54 bits per heavy atom. The molecule has 2 N–H and O–H groups in total. The van der Waals surface area contributed by atoms with Gasteiger partial charge < -0.3 is 14.6 Å². The molecule has 1 aromatic heterocycles. The van der Waals surface area contributed by atoms with E-state index in [2.05, 4.69) is 17.2 Å². The molecule has 28 heavy (non-hydrogen) atoms. The van der Waals surface area contributed by atoms with Crippen molar-refractivity contribution in [3.8, 4) is 0 Å². The maximum atomic E-state index is 14.0. The van der Waals surface area contributed by atoms with E-state index in [1.165, 1.54) is 11.0 Å². The third kappa shape index (κ3) is 5.65. The SMILES string of the molecule is C=CC[NH+](Cc1cccn1Cc1ccccc1F)C[C@@H](O)Cc1ccccc1. The lowest BCUT2D eigenvalue weighted by atomic mass is 10.1. The number of hydrogen-bond donors (Lipinski definition) is 2. The number of aliphatic hydroxyl groups excluding tert-OH is 1. The maximum Gasteiger partial charge on any atom is 0.128 e. The first-order valence-corrected chi connectivity index (χ1v) is 9.69. The number of halogens is 1. The van der Waals surface area contributed by atoms with Gasteiger partial charge in [-0.3, -0.25) is 0 Å². The van der Waals surface area contributed by atoms with Crippen molar-refractivity contribution in [3.63, 3.8) is 0 Å². The molecule has 0 fully saturated rings. The van der Waals surface area contributed by atoms with Gasteiger partial charge in [-0.2, -0.15) is 0 Å². The van der Waals surface area contributed by atoms with Gasteiger partial charge in [-0.25, -0.2) is 4.39 Å². The molecule has 1 heterocycles. The van der Waals surface area contributed by atoms with Crippen molar-refractivity contribution < 1.29 is 14.4 Å². The average molecular weight is 379 g/mol. The molecule has 4 heteroatoms. The van der Waals surface area contributed by atoms with E-state index < -0.39 is 6.10 Å². The van der Waals surface area contributed by atoms with Gasteiger partial charge in [-0.15, -0.1) is 0 Å². The van der Waals surface area contributed by atoms with Crippen LogP contribution in [0.25, 0.3) is 0 Å².